The van der Waals surface area contributed by atoms with E-state index >= 15 is 0 Å². The van der Waals surface area contributed by atoms with E-state index in [9.17, 15) is 32.3 Å². The molecule has 1 amide bonds. The highest BCUT2D eigenvalue weighted by atomic mass is 28.4. The Morgan fingerprint density at radius 3 is 2.26 bits per heavy atom. The van der Waals surface area contributed by atoms with Crippen LogP contribution in [0.2, 0.25) is 19.6 Å². The molecule has 1 saturated carbocycles. The molecule has 0 heterocycles. The second-order valence-corrected chi connectivity index (χ2v) is 15.3. The van der Waals surface area contributed by atoms with E-state index in [1.54, 1.807) is 24.3 Å². The fraction of sp³-hybridized carbons (Fsp3) is 0.357. The molecule has 1 atom stereocenters. The van der Waals surface area contributed by atoms with Gasteiger partial charge < -0.3 is 19.6 Å². The van der Waals surface area contributed by atoms with Gasteiger partial charge in [0, 0.05) is 0 Å². The Kier molecular flexibility index (Phi) is 7.28. The number of carbonyl (C=O) groups excluding carboxylic acids is 1. The van der Waals surface area contributed by atoms with E-state index in [0.717, 1.165) is 18.2 Å². The van der Waals surface area contributed by atoms with Crippen molar-refractivity contribution in [3.63, 3.8) is 0 Å². The van der Waals surface area contributed by atoms with Gasteiger partial charge in [-0.15, -0.1) is 0 Å². The molecule has 11 heteroatoms. The van der Waals surface area contributed by atoms with Crippen molar-refractivity contribution in [2.45, 2.75) is 57.6 Å². The second-order valence-electron chi connectivity index (χ2n) is 10.8. The molecule has 2 aliphatic carbocycles. The molecule has 0 saturated heterocycles. The lowest BCUT2D eigenvalue weighted by atomic mass is 9.73. The number of carboxylic acids is 1. The number of anilines is 1. The molecule has 6 nitrogen and oxygen atoms in total. The maximum absolute atomic E-state index is 14.2. The van der Waals surface area contributed by atoms with Gasteiger partial charge in [-0.25, -0.2) is 9.18 Å². The predicted molar refractivity (Wildman–Crippen MR) is 140 cm³/mol. The van der Waals surface area contributed by atoms with Crippen molar-refractivity contribution in [3.05, 3.63) is 77.1 Å². The van der Waals surface area contributed by atoms with Crippen molar-refractivity contribution in [3.8, 4) is 11.5 Å². The summed E-state index contributed by atoms with van der Waals surface area (Å²) in [6.45, 7) is 7.40. The minimum absolute atomic E-state index is 0.0129. The molecule has 39 heavy (non-hydrogen) atoms. The highest BCUT2D eigenvalue weighted by Crippen LogP contribution is 2.58. The summed E-state index contributed by atoms with van der Waals surface area (Å²) in [7, 11) is -2.15. The number of halogens is 4. The van der Waals surface area contributed by atoms with E-state index < -0.39 is 65.8 Å². The van der Waals surface area contributed by atoms with E-state index in [1.165, 1.54) is 13.0 Å². The van der Waals surface area contributed by atoms with Crippen molar-refractivity contribution >= 4 is 25.9 Å². The molecule has 2 aromatic carbocycles. The molecule has 0 aliphatic heterocycles. The topological polar surface area (TPSA) is 84.9 Å². The Balaban J connectivity index is 1.78. The van der Waals surface area contributed by atoms with Gasteiger partial charge in [0.05, 0.1) is 22.3 Å². The van der Waals surface area contributed by atoms with Crippen LogP contribution in [0.1, 0.15) is 40.7 Å². The quantitative estimate of drug-likeness (QED) is 0.257. The third-order valence-corrected chi connectivity index (χ3v) is 7.76. The molecule has 4 rings (SSSR count). The van der Waals surface area contributed by atoms with Crippen molar-refractivity contribution in [2.75, 3.05) is 5.32 Å². The lowest BCUT2D eigenvalue weighted by Gasteiger charge is -2.41. The summed E-state index contributed by atoms with van der Waals surface area (Å²) in [4.78, 5) is 25.9. The number of hydrogen-bond acceptors (Lipinski definition) is 4. The standard InChI is InChI=1S/C28H29F4NO5Si/c1-17-14-18(29)8-9-22(17)37-23-16-20(28(30,31)32)21(15-19(23)24(34)35)33-25(36)26(10-6-5-7-11-26)27(12-13-27)38-39(2,3)4/h5-10,14-16H,11-13H2,1-4H3,(H,33,36)(H,34,35). The molecule has 2 N–H and O–H groups in total. The number of aryl methyl sites for hydroxylation is 1. The zero-order chi connectivity index (χ0) is 28.8. The molecule has 1 fully saturated rings. The Morgan fingerprint density at radius 2 is 1.74 bits per heavy atom. The molecule has 0 aromatic heterocycles. The summed E-state index contributed by atoms with van der Waals surface area (Å²) in [5, 5.41) is 12.2. The van der Waals surface area contributed by atoms with Gasteiger partial charge in [-0.2, -0.15) is 13.2 Å². The Bertz CT molecular complexity index is 1380. The predicted octanol–water partition coefficient (Wildman–Crippen LogP) is 7.47. The number of nitrogens with one attached hydrogen (secondary N) is 1. The van der Waals surface area contributed by atoms with Crippen LogP contribution in [0.4, 0.5) is 23.2 Å². The van der Waals surface area contributed by atoms with E-state index in [-0.39, 0.29) is 17.7 Å². The van der Waals surface area contributed by atoms with E-state index in [2.05, 4.69) is 5.32 Å². The molecule has 1 unspecified atom stereocenters. The van der Waals surface area contributed by atoms with Gasteiger partial charge in [-0.1, -0.05) is 24.3 Å². The van der Waals surface area contributed by atoms with Crippen molar-refractivity contribution in [1.82, 2.24) is 0 Å². The summed E-state index contributed by atoms with van der Waals surface area (Å²) in [6, 6.07) is 4.63. The molecule has 0 bridgehead atoms. The fourth-order valence-corrected chi connectivity index (χ4v) is 6.48. The fourth-order valence-electron chi connectivity index (χ4n) is 4.92. The Labute approximate surface area is 224 Å². The Morgan fingerprint density at radius 1 is 1.05 bits per heavy atom. The summed E-state index contributed by atoms with van der Waals surface area (Å²) >= 11 is 0. The van der Waals surface area contributed by atoms with Gasteiger partial charge in [-0.3, -0.25) is 4.79 Å². The molecule has 2 aromatic rings. The molecule has 0 spiro atoms. The third kappa shape index (κ3) is 5.79. The molecule has 208 valence electrons. The first kappa shape index (κ1) is 28.6. The van der Waals surface area contributed by atoms with Gasteiger partial charge in [0.15, 0.2) is 8.32 Å². The lowest BCUT2D eigenvalue weighted by Crippen LogP contribution is -2.51. The first-order valence-corrected chi connectivity index (χ1v) is 15.8. The van der Waals surface area contributed by atoms with E-state index in [0.29, 0.717) is 18.9 Å². The number of benzene rings is 2. The largest absolute Gasteiger partial charge is 0.478 e. The van der Waals surface area contributed by atoms with Crippen molar-refractivity contribution in [1.29, 1.82) is 0 Å². The highest BCUT2D eigenvalue weighted by Gasteiger charge is 2.64. The normalized spacial score (nSPS) is 20.0. The number of allylic oxidation sites excluding steroid dienone is 3. The molecular formula is C28H29F4NO5Si. The number of rotatable bonds is 8. The zero-order valence-corrected chi connectivity index (χ0v) is 22.9. The molecule has 0 radical (unpaired) electrons. The van der Waals surface area contributed by atoms with Crippen LogP contribution in [-0.4, -0.2) is 30.9 Å². The van der Waals surface area contributed by atoms with Crippen LogP contribution >= 0.6 is 0 Å². The summed E-state index contributed by atoms with van der Waals surface area (Å²) < 4.78 is 68.2. The maximum atomic E-state index is 14.2. The number of hydrogen-bond donors (Lipinski definition) is 2. The van der Waals surface area contributed by atoms with Crippen LogP contribution in [0, 0.1) is 18.2 Å². The van der Waals surface area contributed by atoms with Crippen molar-refractivity contribution < 1.29 is 41.4 Å². The van der Waals surface area contributed by atoms with Crippen molar-refractivity contribution in [2.24, 2.45) is 5.41 Å². The first-order valence-electron chi connectivity index (χ1n) is 12.4. The van der Waals surface area contributed by atoms with Gasteiger partial charge in [0.25, 0.3) is 0 Å². The van der Waals surface area contributed by atoms with Crippen LogP contribution in [-0.2, 0) is 15.4 Å². The van der Waals surface area contributed by atoms with Crippen LogP contribution in [0.3, 0.4) is 0 Å². The average Bonchev–Trinajstić information content (AvgIpc) is 3.60. The number of carbonyl (C=O) groups is 2. The van der Waals surface area contributed by atoms with Gasteiger partial charge in [0.2, 0.25) is 5.91 Å². The van der Waals surface area contributed by atoms with E-state index in [1.807, 2.05) is 19.6 Å². The Hall–Kier alpha value is -3.44. The minimum atomic E-state index is -4.96. The number of amides is 1. The molecule has 2 aliphatic rings. The van der Waals surface area contributed by atoms with Crippen LogP contribution in [0.25, 0.3) is 0 Å². The summed E-state index contributed by atoms with van der Waals surface area (Å²) in [6.07, 6.45) is 3.25. The molecular weight excluding hydrogens is 534 g/mol. The first-order chi connectivity index (χ1) is 18.1. The van der Waals surface area contributed by atoms with Crippen LogP contribution in [0.5, 0.6) is 11.5 Å². The van der Waals surface area contributed by atoms with Gasteiger partial charge >= 0.3 is 12.1 Å². The number of carboxylic acid groups (broad SMARTS) is 1. The number of aromatic carboxylic acids is 1. The van der Waals surface area contributed by atoms with Gasteiger partial charge in [0.1, 0.15) is 22.9 Å². The minimum Gasteiger partial charge on any atom is -0.478 e. The lowest BCUT2D eigenvalue weighted by molar-refractivity contribution is -0.137. The summed E-state index contributed by atoms with van der Waals surface area (Å²) in [5.41, 5.74) is -4.46. The monoisotopic (exact) mass is 563 g/mol. The highest BCUT2D eigenvalue weighted by molar-refractivity contribution is 6.69. The van der Waals surface area contributed by atoms with Gasteiger partial charge in [-0.05, 0) is 81.7 Å². The number of ether oxygens (including phenoxy) is 1. The number of alkyl halides is 3. The SMILES string of the molecule is Cc1cc(F)ccc1Oc1cc(C(F)(F)F)c(NC(=O)C2(C3(O[Si](C)(C)C)CC3)C=CC=CC2)cc1C(=O)O. The van der Waals surface area contributed by atoms with Crippen LogP contribution < -0.4 is 10.1 Å². The van der Waals surface area contributed by atoms with Crippen LogP contribution in [0.15, 0.2) is 54.6 Å². The van der Waals surface area contributed by atoms with E-state index in [4.69, 9.17) is 9.16 Å². The average molecular weight is 564 g/mol. The summed E-state index contributed by atoms with van der Waals surface area (Å²) in [5.74, 6) is -3.48. The third-order valence-electron chi connectivity index (χ3n) is 6.75. The second kappa shape index (κ2) is 9.94. The maximum Gasteiger partial charge on any atom is 0.418 e. The zero-order valence-electron chi connectivity index (χ0n) is 21.9. The smallest absolute Gasteiger partial charge is 0.418 e.